The third-order valence-electron chi connectivity index (χ3n) is 3.40. The molecule has 92 valence electrons. The van der Waals surface area contributed by atoms with Crippen molar-refractivity contribution in [2.45, 2.75) is 45.1 Å². The van der Waals surface area contributed by atoms with Crippen molar-refractivity contribution in [3.05, 3.63) is 12.7 Å². The molecule has 0 spiro atoms. The van der Waals surface area contributed by atoms with Crippen LogP contribution < -0.4 is 10.6 Å². The number of nitrogens with one attached hydrogen (secondary N) is 2. The normalized spacial score (nSPS) is 25.1. The minimum Gasteiger partial charge on any atom is -0.352 e. The van der Waals surface area contributed by atoms with Crippen LogP contribution in [-0.2, 0) is 4.79 Å². The van der Waals surface area contributed by atoms with E-state index in [0.29, 0.717) is 19.1 Å². The molecule has 0 aromatic heterocycles. The Balaban J connectivity index is 2.24. The van der Waals surface area contributed by atoms with Gasteiger partial charge in [0, 0.05) is 12.6 Å². The smallest absolute Gasteiger partial charge is 0.234 e. The van der Waals surface area contributed by atoms with Crippen molar-refractivity contribution < 1.29 is 4.79 Å². The molecule has 2 atom stereocenters. The summed E-state index contributed by atoms with van der Waals surface area (Å²) in [5.41, 5.74) is 0. The van der Waals surface area contributed by atoms with E-state index in [1.807, 2.05) is 0 Å². The molecule has 1 fully saturated rings. The third-order valence-corrected chi connectivity index (χ3v) is 3.40. The first-order valence-corrected chi connectivity index (χ1v) is 6.39. The zero-order valence-electron chi connectivity index (χ0n) is 10.3. The van der Waals surface area contributed by atoms with Crippen molar-refractivity contribution in [2.75, 3.05) is 13.1 Å². The van der Waals surface area contributed by atoms with Crippen molar-refractivity contribution in [2.24, 2.45) is 5.92 Å². The first kappa shape index (κ1) is 13.2. The lowest BCUT2D eigenvalue weighted by molar-refractivity contribution is -0.120. The lowest BCUT2D eigenvalue weighted by Gasteiger charge is -2.31. The van der Waals surface area contributed by atoms with Crippen molar-refractivity contribution in [3.63, 3.8) is 0 Å². The maximum atomic E-state index is 11.4. The standard InChI is InChI=1S/C13H24N2O/c1-3-9-14-13(16)10-15-12-8-6-5-7-11(12)4-2/h3,11-12,15H,1,4-10H2,2H3,(H,14,16). The fourth-order valence-electron chi connectivity index (χ4n) is 2.44. The van der Waals surface area contributed by atoms with Gasteiger partial charge in [0.15, 0.2) is 0 Å². The van der Waals surface area contributed by atoms with E-state index in [0.717, 1.165) is 5.92 Å². The molecule has 0 heterocycles. The summed E-state index contributed by atoms with van der Waals surface area (Å²) in [6.45, 7) is 6.81. The summed E-state index contributed by atoms with van der Waals surface area (Å²) in [5, 5.41) is 6.17. The topological polar surface area (TPSA) is 41.1 Å². The fourth-order valence-corrected chi connectivity index (χ4v) is 2.44. The zero-order chi connectivity index (χ0) is 11.8. The minimum absolute atomic E-state index is 0.0697. The second kappa shape index (κ2) is 7.44. The summed E-state index contributed by atoms with van der Waals surface area (Å²) in [7, 11) is 0. The molecule has 0 radical (unpaired) electrons. The van der Waals surface area contributed by atoms with Gasteiger partial charge in [-0.3, -0.25) is 4.79 Å². The van der Waals surface area contributed by atoms with Gasteiger partial charge in [-0.25, -0.2) is 0 Å². The molecule has 0 aromatic carbocycles. The molecule has 0 aliphatic heterocycles. The van der Waals surface area contributed by atoms with Crippen LogP contribution in [0.1, 0.15) is 39.0 Å². The first-order valence-electron chi connectivity index (χ1n) is 6.39. The van der Waals surface area contributed by atoms with E-state index in [1.54, 1.807) is 6.08 Å². The summed E-state index contributed by atoms with van der Waals surface area (Å²) in [5.74, 6) is 0.821. The molecule has 1 aliphatic carbocycles. The van der Waals surface area contributed by atoms with Gasteiger partial charge in [-0.2, -0.15) is 0 Å². The SMILES string of the molecule is C=CCNC(=O)CNC1CCCCC1CC. The molecule has 3 heteroatoms. The molecule has 3 nitrogen and oxygen atoms in total. The predicted octanol–water partition coefficient (Wildman–Crippen LogP) is 1.85. The van der Waals surface area contributed by atoms with Crippen LogP contribution in [0.5, 0.6) is 0 Å². The Morgan fingerprint density at radius 3 is 2.88 bits per heavy atom. The number of carbonyl (C=O) groups is 1. The van der Waals surface area contributed by atoms with Crippen molar-refractivity contribution in [3.8, 4) is 0 Å². The van der Waals surface area contributed by atoms with E-state index < -0.39 is 0 Å². The Kier molecular flexibility index (Phi) is 6.16. The van der Waals surface area contributed by atoms with E-state index in [2.05, 4.69) is 24.1 Å². The predicted molar refractivity (Wildman–Crippen MR) is 67.2 cm³/mol. The molecule has 1 amide bonds. The van der Waals surface area contributed by atoms with Gasteiger partial charge in [-0.15, -0.1) is 6.58 Å². The number of hydrogen-bond donors (Lipinski definition) is 2. The van der Waals surface area contributed by atoms with E-state index in [-0.39, 0.29) is 5.91 Å². The van der Waals surface area contributed by atoms with Crippen LogP contribution in [-0.4, -0.2) is 25.0 Å². The van der Waals surface area contributed by atoms with Gasteiger partial charge in [0.25, 0.3) is 0 Å². The molecule has 0 aromatic rings. The molecule has 1 saturated carbocycles. The number of amides is 1. The Labute approximate surface area is 98.7 Å². The van der Waals surface area contributed by atoms with Gasteiger partial charge in [0.1, 0.15) is 0 Å². The highest BCUT2D eigenvalue weighted by molar-refractivity contribution is 5.78. The largest absolute Gasteiger partial charge is 0.352 e. The first-order chi connectivity index (χ1) is 7.77. The highest BCUT2D eigenvalue weighted by Gasteiger charge is 2.23. The van der Waals surface area contributed by atoms with Crippen LogP contribution >= 0.6 is 0 Å². The summed E-state index contributed by atoms with van der Waals surface area (Å²) in [4.78, 5) is 11.4. The van der Waals surface area contributed by atoms with E-state index in [1.165, 1.54) is 32.1 Å². The third kappa shape index (κ3) is 4.35. The number of hydrogen-bond acceptors (Lipinski definition) is 2. The van der Waals surface area contributed by atoms with Crippen LogP contribution in [0.15, 0.2) is 12.7 Å². The molecule has 0 bridgehead atoms. The van der Waals surface area contributed by atoms with Gasteiger partial charge >= 0.3 is 0 Å². The number of rotatable bonds is 6. The van der Waals surface area contributed by atoms with E-state index in [4.69, 9.17) is 0 Å². The maximum Gasteiger partial charge on any atom is 0.234 e. The molecule has 2 unspecified atom stereocenters. The average Bonchev–Trinajstić information content (AvgIpc) is 2.34. The highest BCUT2D eigenvalue weighted by Crippen LogP contribution is 2.26. The monoisotopic (exact) mass is 224 g/mol. The Morgan fingerprint density at radius 1 is 1.44 bits per heavy atom. The Morgan fingerprint density at radius 2 is 2.19 bits per heavy atom. The number of carbonyl (C=O) groups excluding carboxylic acids is 1. The lowest BCUT2D eigenvalue weighted by atomic mass is 9.83. The molecule has 16 heavy (non-hydrogen) atoms. The van der Waals surface area contributed by atoms with Crippen LogP contribution in [0.2, 0.25) is 0 Å². The van der Waals surface area contributed by atoms with Crippen molar-refractivity contribution in [1.82, 2.24) is 10.6 Å². The summed E-state index contributed by atoms with van der Waals surface area (Å²) >= 11 is 0. The Hall–Kier alpha value is -0.830. The van der Waals surface area contributed by atoms with Crippen LogP contribution in [0.4, 0.5) is 0 Å². The second-order valence-corrected chi connectivity index (χ2v) is 4.53. The molecule has 1 aliphatic rings. The van der Waals surface area contributed by atoms with E-state index >= 15 is 0 Å². The maximum absolute atomic E-state index is 11.4. The summed E-state index contributed by atoms with van der Waals surface area (Å²) in [6, 6.07) is 0.535. The highest BCUT2D eigenvalue weighted by atomic mass is 16.1. The Bertz CT molecular complexity index is 228. The fraction of sp³-hybridized carbons (Fsp3) is 0.769. The molecule has 1 rings (SSSR count). The zero-order valence-corrected chi connectivity index (χ0v) is 10.3. The van der Waals surface area contributed by atoms with Crippen molar-refractivity contribution in [1.29, 1.82) is 0 Å². The average molecular weight is 224 g/mol. The van der Waals surface area contributed by atoms with E-state index in [9.17, 15) is 4.79 Å². The van der Waals surface area contributed by atoms with Gasteiger partial charge in [0.05, 0.1) is 6.54 Å². The quantitative estimate of drug-likeness (QED) is 0.676. The second-order valence-electron chi connectivity index (χ2n) is 4.53. The summed E-state index contributed by atoms with van der Waals surface area (Å²) in [6.07, 6.45) is 8.08. The van der Waals surface area contributed by atoms with Gasteiger partial charge in [-0.1, -0.05) is 32.3 Å². The minimum atomic E-state index is 0.0697. The molecule has 0 saturated heterocycles. The van der Waals surface area contributed by atoms with Gasteiger partial charge in [-0.05, 0) is 18.8 Å². The van der Waals surface area contributed by atoms with Gasteiger partial charge < -0.3 is 10.6 Å². The van der Waals surface area contributed by atoms with Crippen molar-refractivity contribution >= 4 is 5.91 Å². The summed E-state index contributed by atoms with van der Waals surface area (Å²) < 4.78 is 0. The van der Waals surface area contributed by atoms with Crippen LogP contribution in [0, 0.1) is 5.92 Å². The molecular formula is C13H24N2O. The van der Waals surface area contributed by atoms with Crippen LogP contribution in [0.25, 0.3) is 0 Å². The van der Waals surface area contributed by atoms with Crippen LogP contribution in [0.3, 0.4) is 0 Å². The lowest BCUT2D eigenvalue weighted by Crippen LogP contribution is -2.43. The molecule has 2 N–H and O–H groups in total. The molecular weight excluding hydrogens is 200 g/mol. The van der Waals surface area contributed by atoms with Gasteiger partial charge in [0.2, 0.25) is 5.91 Å².